The van der Waals surface area contributed by atoms with Gasteiger partial charge in [0.15, 0.2) is 11.9 Å². The van der Waals surface area contributed by atoms with Gasteiger partial charge in [-0.25, -0.2) is 4.79 Å². The fraction of sp³-hybridized carbons (Fsp3) is 0.438. The highest BCUT2D eigenvalue weighted by Crippen LogP contribution is 2.28. The molecule has 0 bridgehead atoms. The first-order valence-electron chi connectivity index (χ1n) is 7.56. The van der Waals surface area contributed by atoms with Gasteiger partial charge in [-0.3, -0.25) is 14.9 Å². The molecule has 0 saturated carbocycles. The number of nitriles is 1. The van der Waals surface area contributed by atoms with E-state index in [-0.39, 0.29) is 36.6 Å². The van der Waals surface area contributed by atoms with E-state index in [2.05, 4.69) is 0 Å². The molecule has 1 rings (SSSR count). The Balaban J connectivity index is 2.86. The summed E-state index contributed by atoms with van der Waals surface area (Å²) >= 11 is 0. The van der Waals surface area contributed by atoms with E-state index < -0.39 is 22.9 Å². The first-order chi connectivity index (χ1) is 11.8. The van der Waals surface area contributed by atoms with Crippen LogP contribution in [0.3, 0.4) is 0 Å². The van der Waals surface area contributed by atoms with Gasteiger partial charge in [-0.1, -0.05) is 0 Å². The van der Waals surface area contributed by atoms with Gasteiger partial charge >= 0.3 is 11.7 Å². The first kappa shape index (κ1) is 19.9. The summed E-state index contributed by atoms with van der Waals surface area (Å²) < 4.78 is 10.2. The highest BCUT2D eigenvalue weighted by Gasteiger charge is 2.24. The summed E-state index contributed by atoms with van der Waals surface area (Å²) in [6, 6.07) is 5.60. The fourth-order valence-corrected chi connectivity index (χ4v) is 1.98. The van der Waals surface area contributed by atoms with Crippen molar-refractivity contribution >= 4 is 17.6 Å². The molecule has 134 valence electrons. The minimum atomic E-state index is -1.08. The topological polar surface area (TPSA) is 123 Å². The number of amides is 1. The Morgan fingerprint density at radius 2 is 2.12 bits per heavy atom. The highest BCUT2D eigenvalue weighted by atomic mass is 16.6. The summed E-state index contributed by atoms with van der Waals surface area (Å²) in [7, 11) is 1.49. The number of hydrogen-bond donors (Lipinski definition) is 0. The molecule has 1 aromatic rings. The molecule has 25 heavy (non-hydrogen) atoms. The Kier molecular flexibility index (Phi) is 7.34. The predicted molar refractivity (Wildman–Crippen MR) is 87.0 cm³/mol. The second-order valence-electron chi connectivity index (χ2n) is 5.09. The number of benzene rings is 1. The van der Waals surface area contributed by atoms with Crippen molar-refractivity contribution < 1.29 is 24.0 Å². The summed E-state index contributed by atoms with van der Waals surface area (Å²) in [6.45, 7) is 3.53. The number of nitro groups is 1. The average Bonchev–Trinajstić information content (AvgIpc) is 2.59. The van der Waals surface area contributed by atoms with Gasteiger partial charge in [0.1, 0.15) is 0 Å². The van der Waals surface area contributed by atoms with Crippen LogP contribution in [0.5, 0.6) is 5.75 Å². The van der Waals surface area contributed by atoms with Crippen LogP contribution >= 0.6 is 0 Å². The molecule has 0 fully saturated rings. The van der Waals surface area contributed by atoms with Crippen molar-refractivity contribution in [1.29, 1.82) is 5.26 Å². The molecule has 0 radical (unpaired) electrons. The minimum Gasteiger partial charge on any atom is -0.487 e. The third kappa shape index (κ3) is 5.46. The number of nitro benzene ring substituents is 1. The van der Waals surface area contributed by atoms with E-state index in [1.807, 2.05) is 6.07 Å². The third-order valence-electron chi connectivity index (χ3n) is 3.26. The smallest absolute Gasteiger partial charge is 0.339 e. The number of carbonyl (C=O) groups excluding carboxylic acids is 2. The number of esters is 1. The van der Waals surface area contributed by atoms with Crippen LogP contribution in [0.2, 0.25) is 0 Å². The van der Waals surface area contributed by atoms with Gasteiger partial charge in [0.2, 0.25) is 0 Å². The van der Waals surface area contributed by atoms with Gasteiger partial charge in [-0.05, 0) is 26.0 Å². The summed E-state index contributed by atoms with van der Waals surface area (Å²) in [4.78, 5) is 35.9. The zero-order valence-electron chi connectivity index (χ0n) is 14.2. The van der Waals surface area contributed by atoms with Gasteiger partial charge < -0.3 is 14.4 Å². The standard InChI is InChI=1S/C16H19N3O6/c1-4-24-14-7-6-12(10-13(14)19(22)23)16(21)25-11(2)15(20)18(3)9-5-8-17/h6-7,10-11H,4-5,9H2,1-3H3/t11-/m0/s1. The van der Waals surface area contributed by atoms with Crippen LogP contribution in [0.25, 0.3) is 0 Å². The van der Waals surface area contributed by atoms with E-state index in [9.17, 15) is 19.7 Å². The zero-order chi connectivity index (χ0) is 19.0. The molecule has 9 heteroatoms. The largest absolute Gasteiger partial charge is 0.487 e. The summed E-state index contributed by atoms with van der Waals surface area (Å²) in [5.74, 6) is -1.28. The van der Waals surface area contributed by atoms with Crippen LogP contribution in [0.15, 0.2) is 18.2 Å². The molecule has 0 N–H and O–H groups in total. The van der Waals surface area contributed by atoms with E-state index in [1.165, 1.54) is 31.0 Å². The van der Waals surface area contributed by atoms with Crippen LogP contribution in [0.1, 0.15) is 30.6 Å². The fourth-order valence-electron chi connectivity index (χ4n) is 1.98. The van der Waals surface area contributed by atoms with Gasteiger partial charge in [0.25, 0.3) is 5.91 Å². The molecule has 1 atom stereocenters. The van der Waals surface area contributed by atoms with Gasteiger partial charge in [0, 0.05) is 19.7 Å². The quantitative estimate of drug-likeness (QED) is 0.399. The molecule has 0 spiro atoms. The van der Waals surface area contributed by atoms with Crippen molar-refractivity contribution in [2.75, 3.05) is 20.2 Å². The first-order valence-corrected chi connectivity index (χ1v) is 7.56. The zero-order valence-corrected chi connectivity index (χ0v) is 14.2. The van der Waals surface area contributed by atoms with E-state index >= 15 is 0 Å². The van der Waals surface area contributed by atoms with Crippen molar-refractivity contribution in [3.63, 3.8) is 0 Å². The van der Waals surface area contributed by atoms with Crippen LogP contribution in [-0.4, -0.2) is 48.0 Å². The number of nitrogens with zero attached hydrogens (tertiary/aromatic N) is 3. The molecule has 0 heterocycles. The van der Waals surface area contributed by atoms with Gasteiger partial charge in [-0.2, -0.15) is 5.26 Å². The van der Waals surface area contributed by atoms with Crippen LogP contribution in [0, 0.1) is 21.4 Å². The molecule has 1 aromatic carbocycles. The summed E-state index contributed by atoms with van der Waals surface area (Å²) in [5.41, 5.74) is -0.420. The molecule has 1 amide bonds. The lowest BCUT2D eigenvalue weighted by Crippen LogP contribution is -2.37. The van der Waals surface area contributed by atoms with Crippen LogP contribution in [0.4, 0.5) is 5.69 Å². The van der Waals surface area contributed by atoms with Gasteiger partial charge in [0.05, 0.1) is 29.6 Å². The van der Waals surface area contributed by atoms with Crippen molar-refractivity contribution in [1.82, 2.24) is 4.90 Å². The van der Waals surface area contributed by atoms with E-state index in [4.69, 9.17) is 14.7 Å². The monoisotopic (exact) mass is 349 g/mol. The van der Waals surface area contributed by atoms with Crippen molar-refractivity contribution in [3.8, 4) is 11.8 Å². The second kappa shape index (κ2) is 9.22. The van der Waals surface area contributed by atoms with Crippen LogP contribution in [-0.2, 0) is 9.53 Å². The molecule has 0 aliphatic heterocycles. The predicted octanol–water partition coefficient (Wildman–Crippen LogP) is 1.91. The maximum atomic E-state index is 12.1. The molecule has 0 aliphatic rings. The van der Waals surface area contributed by atoms with Crippen molar-refractivity contribution in [2.24, 2.45) is 0 Å². The van der Waals surface area contributed by atoms with Crippen molar-refractivity contribution in [2.45, 2.75) is 26.4 Å². The minimum absolute atomic E-state index is 0.0458. The highest BCUT2D eigenvalue weighted by molar-refractivity contribution is 5.93. The summed E-state index contributed by atoms with van der Waals surface area (Å²) in [6.07, 6.45) is -0.921. The number of ether oxygens (including phenoxy) is 2. The van der Waals surface area contributed by atoms with E-state index in [0.717, 1.165) is 6.07 Å². The molecular formula is C16H19N3O6. The number of likely N-dealkylation sites (N-methyl/N-ethyl adjacent to an activating group) is 1. The molecule has 0 saturated heterocycles. The Bertz CT molecular complexity index is 698. The van der Waals surface area contributed by atoms with E-state index in [1.54, 1.807) is 6.92 Å². The SMILES string of the molecule is CCOc1ccc(C(=O)O[C@@H](C)C(=O)N(C)CCC#N)cc1[N+](=O)[O-]. The molecular weight excluding hydrogens is 330 g/mol. The maximum absolute atomic E-state index is 12.1. The molecule has 0 aromatic heterocycles. The Hall–Kier alpha value is -3.15. The Morgan fingerprint density at radius 1 is 1.44 bits per heavy atom. The third-order valence-corrected chi connectivity index (χ3v) is 3.26. The number of rotatable bonds is 8. The summed E-state index contributed by atoms with van der Waals surface area (Å²) in [5, 5.41) is 19.6. The molecule has 0 unspecified atom stereocenters. The number of carbonyl (C=O) groups is 2. The normalized spacial score (nSPS) is 11.1. The molecule has 0 aliphatic carbocycles. The van der Waals surface area contributed by atoms with Crippen LogP contribution < -0.4 is 4.74 Å². The Labute approximate surface area is 144 Å². The van der Waals surface area contributed by atoms with E-state index in [0.29, 0.717) is 0 Å². The van der Waals surface area contributed by atoms with Gasteiger partial charge in [-0.15, -0.1) is 0 Å². The number of hydrogen-bond acceptors (Lipinski definition) is 7. The lowest BCUT2D eigenvalue weighted by atomic mass is 10.2. The van der Waals surface area contributed by atoms with Crippen molar-refractivity contribution in [3.05, 3.63) is 33.9 Å². The average molecular weight is 349 g/mol. The maximum Gasteiger partial charge on any atom is 0.339 e. The Morgan fingerprint density at radius 3 is 2.68 bits per heavy atom. The molecule has 9 nitrogen and oxygen atoms in total. The second-order valence-corrected chi connectivity index (χ2v) is 5.09. The lowest BCUT2D eigenvalue weighted by Gasteiger charge is -2.20. The lowest BCUT2D eigenvalue weighted by molar-refractivity contribution is -0.385.